The number of methoxy groups -OCH3 is 1. The average Bonchev–Trinajstić information content (AvgIpc) is 2.67. The second-order valence-corrected chi connectivity index (χ2v) is 6.11. The number of aromatic nitrogens is 2. The number of likely N-dealkylation sites (N-methyl/N-ethyl adjacent to an activating group) is 1. The Morgan fingerprint density at radius 2 is 2.04 bits per heavy atom. The summed E-state index contributed by atoms with van der Waals surface area (Å²) in [7, 11) is 1.58. The van der Waals surface area contributed by atoms with Crippen LogP contribution in [0.1, 0.15) is 12.7 Å². The molecule has 7 nitrogen and oxygen atoms in total. The van der Waals surface area contributed by atoms with Gasteiger partial charge in [-0.05, 0) is 30.8 Å². The molecule has 0 bridgehead atoms. The van der Waals surface area contributed by atoms with Gasteiger partial charge in [0.05, 0.1) is 31.1 Å². The summed E-state index contributed by atoms with van der Waals surface area (Å²) in [6.07, 6.45) is 0. The van der Waals surface area contributed by atoms with E-state index in [0.717, 1.165) is 0 Å². The second-order valence-electron chi connectivity index (χ2n) is 6.11. The van der Waals surface area contributed by atoms with Gasteiger partial charge in [-0.3, -0.25) is 14.5 Å². The van der Waals surface area contributed by atoms with Gasteiger partial charge in [-0.25, -0.2) is 4.98 Å². The Morgan fingerprint density at radius 1 is 1.22 bits per heavy atom. The van der Waals surface area contributed by atoms with E-state index in [2.05, 4.69) is 15.3 Å². The topological polar surface area (TPSA) is 87.3 Å². The van der Waals surface area contributed by atoms with Crippen LogP contribution < -0.4 is 15.6 Å². The molecule has 0 aliphatic carbocycles. The highest BCUT2D eigenvalue weighted by molar-refractivity contribution is 5.92. The number of nitrogens with zero attached hydrogens (tertiary/aromatic N) is 2. The largest absolute Gasteiger partial charge is 0.497 e. The predicted molar refractivity (Wildman–Crippen MR) is 105 cm³/mol. The fourth-order valence-corrected chi connectivity index (χ4v) is 2.81. The third-order valence-electron chi connectivity index (χ3n) is 4.20. The lowest BCUT2D eigenvalue weighted by Gasteiger charge is -2.19. The molecule has 0 fully saturated rings. The van der Waals surface area contributed by atoms with Gasteiger partial charge in [0.15, 0.2) is 0 Å². The Kier molecular flexibility index (Phi) is 5.83. The minimum Gasteiger partial charge on any atom is -0.497 e. The zero-order valence-electron chi connectivity index (χ0n) is 15.4. The predicted octanol–water partition coefficient (Wildman–Crippen LogP) is 2.39. The quantitative estimate of drug-likeness (QED) is 0.670. The lowest BCUT2D eigenvalue weighted by Crippen LogP contribution is -2.33. The lowest BCUT2D eigenvalue weighted by molar-refractivity contribution is -0.117. The molecule has 7 heteroatoms. The number of anilines is 1. The maximum absolute atomic E-state index is 12.4. The van der Waals surface area contributed by atoms with Crippen molar-refractivity contribution in [3.8, 4) is 5.75 Å². The van der Waals surface area contributed by atoms with Gasteiger partial charge in [-0.2, -0.15) is 0 Å². The first-order chi connectivity index (χ1) is 13.1. The maximum atomic E-state index is 12.4. The normalized spacial score (nSPS) is 10.9. The molecule has 1 heterocycles. The molecule has 3 aromatic rings. The number of amides is 1. The molecule has 3 rings (SSSR count). The van der Waals surface area contributed by atoms with E-state index < -0.39 is 0 Å². The van der Waals surface area contributed by atoms with Gasteiger partial charge in [0.1, 0.15) is 11.6 Å². The van der Waals surface area contributed by atoms with Gasteiger partial charge in [-0.1, -0.05) is 25.1 Å². The van der Waals surface area contributed by atoms with Crippen LogP contribution in [0.25, 0.3) is 10.9 Å². The summed E-state index contributed by atoms with van der Waals surface area (Å²) in [6.45, 7) is 3.16. The van der Waals surface area contributed by atoms with Crippen molar-refractivity contribution in [1.82, 2.24) is 14.9 Å². The first kappa shape index (κ1) is 18.6. The number of hydrogen-bond acceptors (Lipinski definition) is 5. The summed E-state index contributed by atoms with van der Waals surface area (Å²) in [5, 5.41) is 3.41. The van der Waals surface area contributed by atoms with Crippen molar-refractivity contribution in [3.63, 3.8) is 0 Å². The molecule has 1 aromatic heterocycles. The number of rotatable bonds is 7. The summed E-state index contributed by atoms with van der Waals surface area (Å²) < 4.78 is 5.16. The van der Waals surface area contributed by atoms with E-state index in [-0.39, 0.29) is 18.0 Å². The van der Waals surface area contributed by atoms with Crippen molar-refractivity contribution < 1.29 is 9.53 Å². The molecule has 0 spiro atoms. The monoisotopic (exact) mass is 366 g/mol. The SMILES string of the molecule is CCN(CC(=O)Nc1cccc(OC)c1)Cc1nc2ccccc2c(=O)[nH]1. The maximum Gasteiger partial charge on any atom is 0.258 e. The van der Waals surface area contributed by atoms with Crippen molar-refractivity contribution in [2.24, 2.45) is 0 Å². The van der Waals surface area contributed by atoms with Gasteiger partial charge in [-0.15, -0.1) is 0 Å². The van der Waals surface area contributed by atoms with Crippen molar-refractivity contribution in [2.75, 3.05) is 25.5 Å². The number of nitrogens with one attached hydrogen (secondary N) is 2. The van der Waals surface area contributed by atoms with E-state index in [9.17, 15) is 9.59 Å². The van der Waals surface area contributed by atoms with Gasteiger partial charge < -0.3 is 15.0 Å². The first-order valence-corrected chi connectivity index (χ1v) is 8.73. The van der Waals surface area contributed by atoms with Crippen LogP contribution in [0.15, 0.2) is 53.3 Å². The molecule has 27 heavy (non-hydrogen) atoms. The highest BCUT2D eigenvalue weighted by atomic mass is 16.5. The highest BCUT2D eigenvalue weighted by Crippen LogP contribution is 2.16. The number of carbonyl (C=O) groups excluding carboxylic acids is 1. The third-order valence-corrected chi connectivity index (χ3v) is 4.20. The molecular formula is C20H22N4O3. The summed E-state index contributed by atoms with van der Waals surface area (Å²) in [6, 6.07) is 14.4. The number of H-pyrrole nitrogens is 1. The molecule has 0 radical (unpaired) electrons. The Morgan fingerprint density at radius 3 is 2.81 bits per heavy atom. The van der Waals surface area contributed by atoms with Crippen LogP contribution in [0.5, 0.6) is 5.75 Å². The Labute approximate surface area is 157 Å². The minimum atomic E-state index is -0.174. The van der Waals surface area contributed by atoms with Crippen LogP contribution in [0, 0.1) is 0 Å². The van der Waals surface area contributed by atoms with Crippen LogP contribution in [0.3, 0.4) is 0 Å². The molecule has 0 unspecified atom stereocenters. The van der Waals surface area contributed by atoms with E-state index in [4.69, 9.17) is 4.74 Å². The Bertz CT molecular complexity index is 1000. The zero-order valence-corrected chi connectivity index (χ0v) is 15.4. The van der Waals surface area contributed by atoms with Gasteiger partial charge in [0, 0.05) is 11.8 Å². The summed E-state index contributed by atoms with van der Waals surface area (Å²) in [5.41, 5.74) is 1.15. The molecule has 1 amide bonds. The molecule has 140 valence electrons. The third kappa shape index (κ3) is 4.71. The van der Waals surface area contributed by atoms with Crippen molar-refractivity contribution in [1.29, 1.82) is 0 Å². The second kappa shape index (κ2) is 8.46. The summed E-state index contributed by atoms with van der Waals surface area (Å²) in [5.74, 6) is 1.07. The molecule has 0 aliphatic heterocycles. The van der Waals surface area contributed by atoms with Gasteiger partial charge in [0.25, 0.3) is 5.56 Å². The minimum absolute atomic E-state index is 0.145. The van der Waals surface area contributed by atoms with E-state index in [1.807, 2.05) is 30.0 Å². The fourth-order valence-electron chi connectivity index (χ4n) is 2.81. The number of para-hydroxylation sites is 1. The van der Waals surface area contributed by atoms with Crippen LogP contribution in [-0.2, 0) is 11.3 Å². The number of benzene rings is 2. The van der Waals surface area contributed by atoms with E-state index in [0.29, 0.717) is 41.3 Å². The van der Waals surface area contributed by atoms with Crippen molar-refractivity contribution in [3.05, 3.63) is 64.7 Å². The molecular weight excluding hydrogens is 344 g/mol. The van der Waals surface area contributed by atoms with Crippen molar-refractivity contribution >= 4 is 22.5 Å². The summed E-state index contributed by atoms with van der Waals surface area (Å²) in [4.78, 5) is 33.7. The lowest BCUT2D eigenvalue weighted by atomic mass is 10.2. The Hall–Kier alpha value is -3.19. The molecule has 2 aromatic carbocycles. The van der Waals surface area contributed by atoms with E-state index in [1.165, 1.54) is 0 Å². The molecule has 0 atom stereocenters. The van der Waals surface area contributed by atoms with Crippen LogP contribution >= 0.6 is 0 Å². The molecule has 0 saturated carbocycles. The average molecular weight is 366 g/mol. The number of aromatic amines is 1. The van der Waals surface area contributed by atoms with Crippen LogP contribution in [0.2, 0.25) is 0 Å². The number of carbonyl (C=O) groups is 1. The van der Waals surface area contributed by atoms with E-state index in [1.54, 1.807) is 37.4 Å². The van der Waals surface area contributed by atoms with Gasteiger partial charge in [0.2, 0.25) is 5.91 Å². The Balaban J connectivity index is 1.68. The number of ether oxygens (including phenoxy) is 1. The standard InChI is InChI=1S/C20H22N4O3/c1-3-24(13-19(25)21-14-7-6-8-15(11-14)27-2)12-18-22-17-10-5-4-9-16(17)20(26)23-18/h4-11H,3,12-13H2,1-2H3,(H,21,25)(H,22,23,26). The fraction of sp³-hybridized carbons (Fsp3) is 0.250. The van der Waals surface area contributed by atoms with Crippen molar-refractivity contribution in [2.45, 2.75) is 13.5 Å². The van der Waals surface area contributed by atoms with Gasteiger partial charge >= 0.3 is 0 Å². The van der Waals surface area contributed by atoms with Crippen LogP contribution in [-0.4, -0.2) is 41.0 Å². The van der Waals surface area contributed by atoms with E-state index >= 15 is 0 Å². The molecule has 0 aliphatic rings. The smallest absolute Gasteiger partial charge is 0.258 e. The zero-order chi connectivity index (χ0) is 19.2. The summed E-state index contributed by atoms with van der Waals surface area (Å²) >= 11 is 0. The highest BCUT2D eigenvalue weighted by Gasteiger charge is 2.12. The number of hydrogen-bond donors (Lipinski definition) is 2. The molecule has 2 N–H and O–H groups in total. The number of fused-ring (bicyclic) bond motifs is 1. The van der Waals surface area contributed by atoms with Crippen LogP contribution in [0.4, 0.5) is 5.69 Å². The molecule has 0 saturated heterocycles. The first-order valence-electron chi connectivity index (χ1n) is 8.73.